The zero-order valence-electron chi connectivity index (χ0n) is 11.4. The molecule has 0 saturated heterocycles. The lowest BCUT2D eigenvalue weighted by Crippen LogP contribution is -2.71. The van der Waals surface area contributed by atoms with Gasteiger partial charge in [-0.05, 0) is 6.08 Å². The number of nitrogens with one attached hydrogen (secondary N) is 4. The lowest BCUT2D eigenvalue weighted by molar-refractivity contribution is -0.117. The molecule has 106 valence electrons. The van der Waals surface area contributed by atoms with Crippen LogP contribution in [0.3, 0.4) is 0 Å². The number of hydrogen-bond acceptors (Lipinski definition) is 4. The molecule has 5 heteroatoms. The van der Waals surface area contributed by atoms with Gasteiger partial charge in [0.25, 0.3) is 0 Å². The molecule has 0 heterocycles. The van der Waals surface area contributed by atoms with Crippen LogP contribution in [0.1, 0.15) is 0 Å². The van der Waals surface area contributed by atoms with Crippen molar-refractivity contribution in [2.24, 2.45) is 0 Å². The van der Waals surface area contributed by atoms with E-state index in [1.54, 1.807) is 18.2 Å². The first-order valence-electron chi connectivity index (χ1n) is 6.12. The maximum atomic E-state index is 11.3. The monoisotopic (exact) mass is 264 g/mol. The third-order valence-corrected chi connectivity index (χ3v) is 2.36. The third kappa shape index (κ3) is 7.35. The minimum atomic E-state index is -0.657. The average molecular weight is 264 g/mol. The van der Waals surface area contributed by atoms with Crippen molar-refractivity contribution >= 4 is 5.91 Å². The Bertz CT molecular complexity index is 294. The van der Waals surface area contributed by atoms with Crippen LogP contribution in [0.15, 0.2) is 50.6 Å². The van der Waals surface area contributed by atoms with Crippen molar-refractivity contribution in [1.29, 1.82) is 0 Å². The first-order chi connectivity index (χ1) is 9.14. The van der Waals surface area contributed by atoms with Crippen LogP contribution in [-0.4, -0.2) is 37.9 Å². The largest absolute Gasteiger partial charge is 0.348 e. The Morgan fingerprint density at radius 2 is 1.32 bits per heavy atom. The maximum absolute atomic E-state index is 11.3. The molecular formula is C14H24N4O. The molecular weight excluding hydrogens is 240 g/mol. The zero-order valence-corrected chi connectivity index (χ0v) is 11.4. The second-order valence-electron chi connectivity index (χ2n) is 3.84. The Labute approximate surface area is 115 Å². The van der Waals surface area contributed by atoms with E-state index < -0.39 is 5.79 Å². The summed E-state index contributed by atoms with van der Waals surface area (Å²) < 4.78 is 0. The first-order valence-corrected chi connectivity index (χ1v) is 6.12. The molecule has 0 radical (unpaired) electrons. The Morgan fingerprint density at radius 1 is 0.895 bits per heavy atom. The third-order valence-electron chi connectivity index (χ3n) is 2.36. The Kier molecular flexibility index (Phi) is 9.34. The highest BCUT2D eigenvalue weighted by molar-refractivity contribution is 5.86. The van der Waals surface area contributed by atoms with Crippen molar-refractivity contribution in [2.45, 2.75) is 5.79 Å². The summed E-state index contributed by atoms with van der Waals surface area (Å²) in [6, 6.07) is 0. The molecule has 0 aliphatic heterocycles. The topological polar surface area (TPSA) is 65.2 Å². The predicted octanol–water partition coefficient (Wildman–Crippen LogP) is 0.269. The molecule has 0 aromatic carbocycles. The fourth-order valence-electron chi connectivity index (χ4n) is 1.41. The molecule has 0 aromatic rings. The number of carbonyl (C=O) groups excluding carboxylic acids is 1. The van der Waals surface area contributed by atoms with Crippen molar-refractivity contribution in [3.63, 3.8) is 0 Å². The van der Waals surface area contributed by atoms with Crippen LogP contribution in [-0.2, 0) is 4.79 Å². The van der Waals surface area contributed by atoms with Crippen LogP contribution < -0.4 is 21.3 Å². The lowest BCUT2D eigenvalue weighted by Gasteiger charge is -2.36. The van der Waals surface area contributed by atoms with Gasteiger partial charge < -0.3 is 5.32 Å². The van der Waals surface area contributed by atoms with Gasteiger partial charge in [0.1, 0.15) is 5.79 Å². The van der Waals surface area contributed by atoms with Gasteiger partial charge in [0.05, 0.1) is 6.54 Å². The van der Waals surface area contributed by atoms with Crippen LogP contribution in [0.4, 0.5) is 0 Å². The van der Waals surface area contributed by atoms with Crippen LogP contribution in [0.2, 0.25) is 0 Å². The zero-order chi connectivity index (χ0) is 14.6. The highest BCUT2D eigenvalue weighted by Crippen LogP contribution is 1.95. The molecule has 0 unspecified atom stereocenters. The molecule has 0 aliphatic carbocycles. The van der Waals surface area contributed by atoms with Crippen molar-refractivity contribution in [3.05, 3.63) is 50.6 Å². The second kappa shape index (κ2) is 10.3. The van der Waals surface area contributed by atoms with Crippen LogP contribution in [0, 0.1) is 0 Å². The van der Waals surface area contributed by atoms with Gasteiger partial charge in [-0.15, -0.1) is 19.7 Å². The number of amides is 1. The quantitative estimate of drug-likeness (QED) is 0.232. The number of hydrogen-bond donors (Lipinski definition) is 4. The summed E-state index contributed by atoms with van der Waals surface area (Å²) >= 11 is 0. The van der Waals surface area contributed by atoms with Gasteiger partial charge in [0, 0.05) is 19.6 Å². The highest BCUT2D eigenvalue weighted by Gasteiger charge is 2.27. The fraction of sp³-hybridized carbons (Fsp3) is 0.357. The van der Waals surface area contributed by atoms with Gasteiger partial charge in [-0.2, -0.15) is 0 Å². The first kappa shape index (κ1) is 17.3. The number of carbonyl (C=O) groups is 1. The van der Waals surface area contributed by atoms with E-state index in [9.17, 15) is 4.79 Å². The van der Waals surface area contributed by atoms with Crippen molar-refractivity contribution in [3.8, 4) is 0 Å². The van der Waals surface area contributed by atoms with Gasteiger partial charge in [0.2, 0.25) is 5.91 Å². The summed E-state index contributed by atoms with van der Waals surface area (Å²) in [5.41, 5.74) is 0. The molecule has 0 aromatic heterocycles. The number of rotatable bonds is 12. The van der Waals surface area contributed by atoms with E-state index in [0.29, 0.717) is 26.2 Å². The van der Waals surface area contributed by atoms with E-state index in [1.165, 1.54) is 6.08 Å². The molecule has 0 fully saturated rings. The smallest absolute Gasteiger partial charge is 0.243 e. The minimum absolute atomic E-state index is 0.231. The van der Waals surface area contributed by atoms with Crippen molar-refractivity contribution < 1.29 is 4.79 Å². The Balaban J connectivity index is 4.78. The second-order valence-corrected chi connectivity index (χ2v) is 3.84. The van der Waals surface area contributed by atoms with Crippen LogP contribution in [0.25, 0.3) is 0 Å². The van der Waals surface area contributed by atoms with E-state index in [0.717, 1.165) is 0 Å². The summed E-state index contributed by atoms with van der Waals surface area (Å²) in [6.07, 6.45) is 6.47. The van der Waals surface area contributed by atoms with Gasteiger partial charge in [-0.25, -0.2) is 0 Å². The molecule has 19 heavy (non-hydrogen) atoms. The van der Waals surface area contributed by atoms with Gasteiger partial charge >= 0.3 is 0 Å². The molecule has 0 spiro atoms. The molecule has 5 nitrogen and oxygen atoms in total. The summed E-state index contributed by atoms with van der Waals surface area (Å²) in [6.45, 7) is 16.5. The molecule has 4 N–H and O–H groups in total. The Hall–Kier alpha value is -1.69. The Morgan fingerprint density at radius 3 is 1.63 bits per heavy atom. The summed E-state index contributed by atoms with van der Waals surface area (Å²) in [5, 5.41) is 12.5. The van der Waals surface area contributed by atoms with E-state index >= 15 is 0 Å². The molecule has 0 aliphatic rings. The predicted molar refractivity (Wildman–Crippen MR) is 80.5 cm³/mol. The summed E-state index contributed by atoms with van der Waals surface area (Å²) in [5.74, 6) is -0.888. The van der Waals surface area contributed by atoms with Crippen LogP contribution >= 0.6 is 0 Å². The molecule has 0 rings (SSSR count). The lowest BCUT2D eigenvalue weighted by atomic mass is 10.2. The van der Waals surface area contributed by atoms with E-state index in [2.05, 4.69) is 47.6 Å². The van der Waals surface area contributed by atoms with Crippen LogP contribution in [0.5, 0.6) is 0 Å². The molecule has 0 atom stereocenters. The standard InChI is InChI=1S/C14H24N4O/c1-5-9-16-14(17-10-6-2,18-11-7-3)12-15-13(19)8-4/h5-8,16-18H,1-4,9-12H2,(H,15,19). The fourth-order valence-corrected chi connectivity index (χ4v) is 1.41. The van der Waals surface area contributed by atoms with Gasteiger partial charge in [-0.3, -0.25) is 20.7 Å². The normalized spacial score (nSPS) is 10.5. The van der Waals surface area contributed by atoms with Gasteiger partial charge in [-0.1, -0.05) is 24.8 Å². The van der Waals surface area contributed by atoms with Crippen molar-refractivity contribution in [1.82, 2.24) is 21.3 Å². The maximum Gasteiger partial charge on any atom is 0.243 e. The molecule has 1 amide bonds. The average Bonchev–Trinajstić information content (AvgIpc) is 2.45. The van der Waals surface area contributed by atoms with E-state index in [1.807, 2.05) is 0 Å². The molecule has 0 bridgehead atoms. The van der Waals surface area contributed by atoms with Gasteiger partial charge in [0.15, 0.2) is 0 Å². The SMILES string of the molecule is C=CCNC(CNC(=O)C=C)(NCC=C)NCC=C. The molecule has 0 saturated carbocycles. The van der Waals surface area contributed by atoms with E-state index in [-0.39, 0.29) is 5.91 Å². The van der Waals surface area contributed by atoms with Crippen molar-refractivity contribution in [2.75, 3.05) is 26.2 Å². The minimum Gasteiger partial charge on any atom is -0.348 e. The summed E-state index contributed by atoms with van der Waals surface area (Å²) in [7, 11) is 0. The van der Waals surface area contributed by atoms with E-state index in [4.69, 9.17) is 0 Å². The highest BCUT2D eigenvalue weighted by atomic mass is 16.1. The summed E-state index contributed by atoms with van der Waals surface area (Å²) in [4.78, 5) is 11.3.